The smallest absolute Gasteiger partial charge is 0.387 e. The Morgan fingerprint density at radius 1 is 1.04 bits per heavy atom. The summed E-state index contributed by atoms with van der Waals surface area (Å²) >= 11 is 0. The molecule has 1 amide bonds. The molecule has 2 aromatic rings. The van der Waals surface area contributed by atoms with Gasteiger partial charge in [-0.25, -0.2) is 8.78 Å². The van der Waals surface area contributed by atoms with Crippen molar-refractivity contribution in [3.63, 3.8) is 0 Å². The van der Waals surface area contributed by atoms with E-state index in [0.717, 1.165) is 4.90 Å². The highest BCUT2D eigenvalue weighted by atomic mass is 19.3. The van der Waals surface area contributed by atoms with Crippen molar-refractivity contribution >= 4 is 5.91 Å². The minimum absolute atomic E-state index is 0.0135. The molecule has 0 aliphatic rings. The van der Waals surface area contributed by atoms with Gasteiger partial charge in [0.05, 0.1) is 0 Å². The zero-order valence-electron chi connectivity index (χ0n) is 13.8. The molecule has 0 unspecified atom stereocenters. The van der Waals surface area contributed by atoms with E-state index in [1.807, 2.05) is 0 Å². The van der Waals surface area contributed by atoms with E-state index >= 15 is 0 Å². The molecule has 10 heteroatoms. The second-order valence-corrected chi connectivity index (χ2v) is 5.36. The zero-order valence-corrected chi connectivity index (χ0v) is 13.8. The fourth-order valence-electron chi connectivity index (χ4n) is 2.06. The van der Waals surface area contributed by atoms with Crippen molar-refractivity contribution in [3.8, 4) is 11.5 Å². The molecule has 0 fully saturated rings. The maximum absolute atomic E-state index is 13.5. The SMILES string of the molecule is CN(Cc1ccc(OC(F)F)cc1)C(=O)COc1c(F)c(F)cc(F)c1F. The van der Waals surface area contributed by atoms with Gasteiger partial charge in [-0.2, -0.15) is 17.6 Å². The predicted molar refractivity (Wildman–Crippen MR) is 81.3 cm³/mol. The van der Waals surface area contributed by atoms with Crippen molar-refractivity contribution in [2.45, 2.75) is 13.2 Å². The van der Waals surface area contributed by atoms with E-state index in [1.165, 1.54) is 31.3 Å². The van der Waals surface area contributed by atoms with Gasteiger partial charge in [0.1, 0.15) is 5.75 Å². The van der Waals surface area contributed by atoms with E-state index in [-0.39, 0.29) is 18.4 Å². The van der Waals surface area contributed by atoms with Gasteiger partial charge in [-0.15, -0.1) is 0 Å². The molecule has 4 nitrogen and oxygen atoms in total. The van der Waals surface area contributed by atoms with Crippen LogP contribution in [0.15, 0.2) is 30.3 Å². The summed E-state index contributed by atoms with van der Waals surface area (Å²) in [6.07, 6.45) is 0. The van der Waals surface area contributed by atoms with E-state index in [1.54, 1.807) is 0 Å². The molecular weight excluding hydrogens is 380 g/mol. The summed E-state index contributed by atoms with van der Waals surface area (Å²) in [5.41, 5.74) is 0.543. The van der Waals surface area contributed by atoms with Gasteiger partial charge >= 0.3 is 6.61 Å². The Balaban J connectivity index is 1.96. The monoisotopic (exact) mass is 393 g/mol. The highest BCUT2D eigenvalue weighted by molar-refractivity contribution is 5.77. The molecule has 0 atom stereocenters. The van der Waals surface area contributed by atoms with Crippen LogP contribution in [0.4, 0.5) is 26.3 Å². The van der Waals surface area contributed by atoms with Crippen LogP contribution in [0.3, 0.4) is 0 Å². The third-order valence-electron chi connectivity index (χ3n) is 3.41. The van der Waals surface area contributed by atoms with E-state index in [0.29, 0.717) is 5.56 Å². The van der Waals surface area contributed by atoms with Crippen LogP contribution in [0, 0.1) is 23.3 Å². The van der Waals surface area contributed by atoms with Gasteiger partial charge < -0.3 is 14.4 Å². The van der Waals surface area contributed by atoms with Crippen LogP contribution < -0.4 is 9.47 Å². The van der Waals surface area contributed by atoms with Crippen molar-refractivity contribution in [1.29, 1.82) is 0 Å². The first-order valence-corrected chi connectivity index (χ1v) is 7.42. The van der Waals surface area contributed by atoms with Gasteiger partial charge in [0.25, 0.3) is 5.91 Å². The van der Waals surface area contributed by atoms with Gasteiger partial charge in [-0.3, -0.25) is 4.79 Å². The quantitative estimate of drug-likeness (QED) is 0.530. The normalized spacial score (nSPS) is 10.8. The number of alkyl halides is 2. The molecule has 0 saturated heterocycles. The maximum atomic E-state index is 13.5. The van der Waals surface area contributed by atoms with Crippen LogP contribution in [0.1, 0.15) is 5.56 Å². The Morgan fingerprint density at radius 2 is 1.59 bits per heavy atom. The topological polar surface area (TPSA) is 38.8 Å². The number of carbonyl (C=O) groups is 1. The van der Waals surface area contributed by atoms with Crippen LogP contribution in [0.5, 0.6) is 11.5 Å². The van der Waals surface area contributed by atoms with E-state index < -0.39 is 48.1 Å². The van der Waals surface area contributed by atoms with Crippen LogP contribution in [0.25, 0.3) is 0 Å². The molecular formula is C17H13F6NO3. The Hall–Kier alpha value is -2.91. The molecule has 0 bridgehead atoms. The van der Waals surface area contributed by atoms with Crippen molar-refractivity contribution < 1.29 is 40.6 Å². The molecule has 0 radical (unpaired) electrons. The van der Waals surface area contributed by atoms with Gasteiger partial charge in [-0.05, 0) is 17.7 Å². The number of hydrogen-bond donors (Lipinski definition) is 0. The number of ether oxygens (including phenoxy) is 2. The van der Waals surface area contributed by atoms with Crippen molar-refractivity contribution in [2.24, 2.45) is 0 Å². The molecule has 146 valence electrons. The van der Waals surface area contributed by atoms with E-state index in [9.17, 15) is 31.1 Å². The highest BCUT2D eigenvalue weighted by Crippen LogP contribution is 2.26. The third-order valence-corrected chi connectivity index (χ3v) is 3.41. The summed E-state index contributed by atoms with van der Waals surface area (Å²) in [5, 5.41) is 0. The maximum Gasteiger partial charge on any atom is 0.387 e. The lowest BCUT2D eigenvalue weighted by Crippen LogP contribution is -2.31. The van der Waals surface area contributed by atoms with Crippen molar-refractivity contribution in [3.05, 3.63) is 59.2 Å². The number of carbonyl (C=O) groups excluding carboxylic acids is 1. The molecule has 0 aliphatic carbocycles. The molecule has 2 rings (SSSR count). The number of nitrogens with zero attached hydrogens (tertiary/aromatic N) is 1. The number of amides is 1. The summed E-state index contributed by atoms with van der Waals surface area (Å²) in [5.74, 6) is -8.95. The third kappa shape index (κ3) is 5.28. The molecule has 0 heterocycles. The van der Waals surface area contributed by atoms with Gasteiger partial charge in [0.2, 0.25) is 11.6 Å². The first-order chi connectivity index (χ1) is 12.7. The number of benzene rings is 2. The lowest BCUT2D eigenvalue weighted by molar-refractivity contribution is -0.132. The van der Waals surface area contributed by atoms with E-state index in [4.69, 9.17) is 0 Å². The lowest BCUT2D eigenvalue weighted by atomic mass is 10.2. The van der Waals surface area contributed by atoms with Crippen LogP contribution in [-0.4, -0.2) is 31.1 Å². The highest BCUT2D eigenvalue weighted by Gasteiger charge is 2.22. The van der Waals surface area contributed by atoms with Gasteiger partial charge in [-0.1, -0.05) is 12.1 Å². The van der Waals surface area contributed by atoms with Crippen LogP contribution in [0.2, 0.25) is 0 Å². The molecule has 0 aromatic heterocycles. The number of likely N-dealkylation sites (N-methyl/N-ethyl adjacent to an activating group) is 1. The molecule has 0 spiro atoms. The summed E-state index contributed by atoms with van der Waals surface area (Å²) in [4.78, 5) is 13.1. The van der Waals surface area contributed by atoms with Crippen molar-refractivity contribution in [2.75, 3.05) is 13.7 Å². The fourth-order valence-corrected chi connectivity index (χ4v) is 2.06. The van der Waals surface area contributed by atoms with Gasteiger partial charge in [0, 0.05) is 19.7 Å². The molecule has 27 heavy (non-hydrogen) atoms. The second-order valence-electron chi connectivity index (χ2n) is 5.36. The second kappa shape index (κ2) is 8.65. The number of halogens is 6. The van der Waals surface area contributed by atoms with Crippen LogP contribution >= 0.6 is 0 Å². The van der Waals surface area contributed by atoms with Crippen molar-refractivity contribution in [1.82, 2.24) is 4.90 Å². The number of hydrogen-bond acceptors (Lipinski definition) is 3. The Labute approximate surface area is 149 Å². The van der Waals surface area contributed by atoms with E-state index in [2.05, 4.69) is 9.47 Å². The number of rotatable bonds is 7. The first kappa shape index (κ1) is 20.4. The fraction of sp³-hybridized carbons (Fsp3) is 0.235. The minimum Gasteiger partial charge on any atom is -0.477 e. The largest absolute Gasteiger partial charge is 0.477 e. The van der Waals surface area contributed by atoms with Gasteiger partial charge in [0.15, 0.2) is 24.0 Å². The average Bonchev–Trinajstić information content (AvgIpc) is 2.61. The Bertz CT molecular complexity index is 787. The molecule has 0 saturated carbocycles. The molecule has 2 aromatic carbocycles. The standard InChI is InChI=1S/C17H13F6NO3/c1-24(7-9-2-4-10(5-3-9)27-17(22)23)13(25)8-26-16-14(20)11(18)6-12(19)15(16)21/h2-6,17H,7-8H2,1H3. The lowest BCUT2D eigenvalue weighted by Gasteiger charge is -2.18. The summed E-state index contributed by atoms with van der Waals surface area (Å²) < 4.78 is 86.1. The average molecular weight is 393 g/mol. The summed E-state index contributed by atoms with van der Waals surface area (Å²) in [6.45, 7) is -3.83. The Morgan fingerprint density at radius 3 is 2.11 bits per heavy atom. The zero-order chi connectivity index (χ0) is 20.1. The Kier molecular flexibility index (Phi) is 6.54. The first-order valence-electron chi connectivity index (χ1n) is 7.42. The minimum atomic E-state index is -2.97. The molecule has 0 aliphatic heterocycles. The predicted octanol–water partition coefficient (Wildman–Crippen LogP) is 3.88. The summed E-state index contributed by atoms with van der Waals surface area (Å²) in [7, 11) is 1.34. The summed E-state index contributed by atoms with van der Waals surface area (Å²) in [6, 6.07) is 5.44. The van der Waals surface area contributed by atoms with Crippen LogP contribution in [-0.2, 0) is 11.3 Å². The molecule has 0 N–H and O–H groups in total.